The molecule has 3 N–H and O–H groups in total. The number of aromatic nitrogens is 3. The molecule has 0 bridgehead atoms. The monoisotopic (exact) mass is 604 g/mol. The lowest BCUT2D eigenvalue weighted by molar-refractivity contribution is 0.0686. The number of rotatable bonds is 9. The van der Waals surface area contributed by atoms with E-state index in [-0.39, 0.29) is 27.7 Å². The highest BCUT2D eigenvalue weighted by Gasteiger charge is 2.21. The van der Waals surface area contributed by atoms with Crippen LogP contribution in [0.4, 0.5) is 5.69 Å². The van der Waals surface area contributed by atoms with Gasteiger partial charge < -0.3 is 15.1 Å². The first-order chi connectivity index (χ1) is 21.5. The highest BCUT2D eigenvalue weighted by atomic mass is 16.4. The van der Waals surface area contributed by atoms with Crippen molar-refractivity contribution >= 4 is 40.8 Å². The van der Waals surface area contributed by atoms with Gasteiger partial charge in [-0.25, -0.2) is 14.3 Å². The molecule has 0 saturated heterocycles. The SMILES string of the molecule is CCN(CC)c1ccc(C=C=Cc2c(C)c3c(=O)n(-c4ccc(C(=O)O)cc4)[nH]c3n(-c3ccc(C(=O)O)cc3)c2=O)c(C)c1. The Labute approximate surface area is 258 Å². The van der Waals surface area contributed by atoms with E-state index in [0.29, 0.717) is 16.9 Å². The number of aryl methyl sites for hydroxylation is 2. The Hall–Kier alpha value is -5.86. The molecule has 10 heteroatoms. The van der Waals surface area contributed by atoms with Crippen molar-refractivity contribution in [3.05, 3.63) is 127 Å². The largest absolute Gasteiger partial charge is 0.478 e. The number of aromatic carboxylic acids is 2. The Balaban J connectivity index is 1.70. The third-order valence-electron chi connectivity index (χ3n) is 7.90. The second kappa shape index (κ2) is 12.4. The fourth-order valence-electron chi connectivity index (χ4n) is 5.37. The fraction of sp³-hybridized carbons (Fsp3) is 0.171. The number of carboxylic acid groups (broad SMARTS) is 2. The normalized spacial score (nSPS) is 10.8. The second-order valence-electron chi connectivity index (χ2n) is 10.5. The number of pyridine rings is 1. The van der Waals surface area contributed by atoms with Crippen molar-refractivity contribution in [1.82, 2.24) is 14.3 Å². The van der Waals surface area contributed by atoms with Crippen LogP contribution >= 0.6 is 0 Å². The molecule has 45 heavy (non-hydrogen) atoms. The van der Waals surface area contributed by atoms with Gasteiger partial charge in [0.2, 0.25) is 0 Å². The smallest absolute Gasteiger partial charge is 0.335 e. The van der Waals surface area contributed by atoms with Crippen LogP contribution in [0.3, 0.4) is 0 Å². The standard InChI is InChI=1S/C35H32N4O6/c1-5-37(6-2)28-19-10-23(21(3)20-28)8-7-9-29-22(4)30-31(38(32(29)40)26-15-11-24(12-16-26)34(42)43)36-39(33(30)41)27-17-13-25(14-18-27)35(44)45/h8-20,36H,5-6H2,1-4H3,(H,42,43)(H,44,45). The molecule has 0 spiro atoms. The minimum absolute atomic E-state index is 0.0465. The third kappa shape index (κ3) is 5.74. The van der Waals surface area contributed by atoms with Gasteiger partial charge in [0.25, 0.3) is 11.1 Å². The second-order valence-corrected chi connectivity index (χ2v) is 10.5. The van der Waals surface area contributed by atoms with E-state index in [4.69, 9.17) is 0 Å². The summed E-state index contributed by atoms with van der Waals surface area (Å²) in [6, 6.07) is 17.7. The third-order valence-corrected chi connectivity index (χ3v) is 7.90. The van der Waals surface area contributed by atoms with Crippen molar-refractivity contribution in [3.63, 3.8) is 0 Å². The molecule has 2 aromatic heterocycles. The lowest BCUT2D eigenvalue weighted by Gasteiger charge is -2.21. The summed E-state index contributed by atoms with van der Waals surface area (Å²) in [7, 11) is 0. The maximum Gasteiger partial charge on any atom is 0.335 e. The molecule has 0 atom stereocenters. The van der Waals surface area contributed by atoms with E-state index >= 15 is 0 Å². The van der Waals surface area contributed by atoms with E-state index in [2.05, 4.69) is 35.6 Å². The minimum atomic E-state index is -1.11. The molecule has 0 amide bonds. The molecule has 10 nitrogen and oxygen atoms in total. The van der Waals surface area contributed by atoms with Crippen LogP contribution in [0.25, 0.3) is 34.6 Å². The Morgan fingerprint density at radius 3 is 1.93 bits per heavy atom. The lowest BCUT2D eigenvalue weighted by Crippen LogP contribution is -2.23. The van der Waals surface area contributed by atoms with Gasteiger partial charge >= 0.3 is 11.9 Å². The van der Waals surface area contributed by atoms with Crippen LogP contribution in [0, 0.1) is 13.8 Å². The van der Waals surface area contributed by atoms with Gasteiger partial charge in [0.05, 0.1) is 33.5 Å². The fourth-order valence-corrected chi connectivity index (χ4v) is 5.37. The van der Waals surface area contributed by atoms with Crippen LogP contribution in [0.5, 0.6) is 0 Å². The minimum Gasteiger partial charge on any atom is -0.478 e. The number of anilines is 1. The van der Waals surface area contributed by atoms with Crippen molar-refractivity contribution in [2.75, 3.05) is 18.0 Å². The summed E-state index contributed by atoms with van der Waals surface area (Å²) in [6.45, 7) is 9.70. The number of aromatic amines is 1. The number of carboxylic acids is 2. The summed E-state index contributed by atoms with van der Waals surface area (Å²) in [4.78, 5) is 52.9. The number of H-pyrrole nitrogens is 1. The quantitative estimate of drug-likeness (QED) is 0.185. The predicted octanol–water partition coefficient (Wildman–Crippen LogP) is 5.65. The van der Waals surface area contributed by atoms with Crippen molar-refractivity contribution in [3.8, 4) is 11.4 Å². The van der Waals surface area contributed by atoms with Gasteiger partial charge in [0.15, 0.2) is 0 Å². The first-order valence-corrected chi connectivity index (χ1v) is 14.4. The summed E-state index contributed by atoms with van der Waals surface area (Å²) in [5, 5.41) is 21.9. The van der Waals surface area contributed by atoms with Crippen molar-refractivity contribution in [1.29, 1.82) is 0 Å². The molecule has 0 aliphatic rings. The van der Waals surface area contributed by atoms with Crippen LogP contribution in [-0.2, 0) is 0 Å². The maximum atomic E-state index is 14.1. The Morgan fingerprint density at radius 2 is 1.40 bits per heavy atom. The van der Waals surface area contributed by atoms with Crippen LogP contribution in [-0.4, -0.2) is 49.6 Å². The molecule has 3 aromatic carbocycles. The zero-order chi connectivity index (χ0) is 32.4. The van der Waals surface area contributed by atoms with Gasteiger partial charge in [0, 0.05) is 18.8 Å². The number of hydrogen-bond donors (Lipinski definition) is 3. The van der Waals surface area contributed by atoms with E-state index in [1.165, 1.54) is 57.8 Å². The summed E-state index contributed by atoms with van der Waals surface area (Å²) >= 11 is 0. The number of nitrogens with one attached hydrogen (secondary N) is 1. The van der Waals surface area contributed by atoms with Gasteiger partial charge in [-0.1, -0.05) is 6.07 Å². The molecule has 228 valence electrons. The number of nitrogens with zero attached hydrogens (tertiary/aromatic N) is 3. The number of fused-ring (bicyclic) bond motifs is 1. The van der Waals surface area contributed by atoms with Crippen LogP contribution in [0.1, 0.15) is 56.8 Å². The van der Waals surface area contributed by atoms with Crippen LogP contribution < -0.4 is 16.0 Å². The summed E-state index contributed by atoms with van der Waals surface area (Å²) in [6.07, 6.45) is 3.34. The lowest BCUT2D eigenvalue weighted by atomic mass is 10.1. The molecule has 5 rings (SSSR count). The van der Waals surface area contributed by atoms with E-state index < -0.39 is 23.1 Å². The van der Waals surface area contributed by atoms with E-state index in [1.807, 2.05) is 19.1 Å². The summed E-state index contributed by atoms with van der Waals surface area (Å²) in [5.41, 5.74) is 7.07. The molecule has 0 unspecified atom stereocenters. The highest BCUT2D eigenvalue weighted by molar-refractivity contribution is 5.89. The van der Waals surface area contributed by atoms with Gasteiger partial charge in [-0.3, -0.25) is 19.3 Å². The van der Waals surface area contributed by atoms with Crippen LogP contribution in [0.2, 0.25) is 0 Å². The first-order valence-electron chi connectivity index (χ1n) is 14.4. The van der Waals surface area contributed by atoms with Gasteiger partial charge in [-0.05, 0) is 117 Å². The number of carbonyl (C=O) groups is 2. The van der Waals surface area contributed by atoms with E-state index in [0.717, 1.165) is 29.9 Å². The summed E-state index contributed by atoms with van der Waals surface area (Å²) in [5.74, 6) is -2.21. The Kier molecular flexibility index (Phi) is 8.43. The van der Waals surface area contributed by atoms with Crippen molar-refractivity contribution < 1.29 is 19.8 Å². The molecular formula is C35H32N4O6. The topological polar surface area (TPSA) is 138 Å². The zero-order valence-corrected chi connectivity index (χ0v) is 25.3. The molecular weight excluding hydrogens is 572 g/mol. The first kappa shape index (κ1) is 30.6. The number of benzene rings is 3. The molecule has 2 heterocycles. The van der Waals surface area contributed by atoms with Gasteiger partial charge in [-0.2, -0.15) is 0 Å². The average Bonchev–Trinajstić information content (AvgIpc) is 3.37. The van der Waals surface area contributed by atoms with E-state index in [1.54, 1.807) is 19.1 Å². The molecule has 0 aliphatic heterocycles. The molecule has 0 radical (unpaired) electrons. The van der Waals surface area contributed by atoms with E-state index in [9.17, 15) is 29.4 Å². The average molecular weight is 605 g/mol. The molecule has 5 aromatic rings. The Bertz CT molecular complexity index is 2120. The highest BCUT2D eigenvalue weighted by Crippen LogP contribution is 2.23. The zero-order valence-electron chi connectivity index (χ0n) is 25.3. The Morgan fingerprint density at radius 1 is 0.822 bits per heavy atom. The van der Waals surface area contributed by atoms with Crippen LogP contribution in [0.15, 0.2) is 82.1 Å². The number of hydrogen-bond acceptors (Lipinski definition) is 5. The van der Waals surface area contributed by atoms with Crippen molar-refractivity contribution in [2.24, 2.45) is 0 Å². The summed E-state index contributed by atoms with van der Waals surface area (Å²) < 4.78 is 2.57. The molecule has 0 aliphatic carbocycles. The molecule has 0 saturated carbocycles. The van der Waals surface area contributed by atoms with Gasteiger partial charge in [0.1, 0.15) is 5.65 Å². The predicted molar refractivity (Wildman–Crippen MR) is 175 cm³/mol. The van der Waals surface area contributed by atoms with Crippen molar-refractivity contribution in [2.45, 2.75) is 27.7 Å². The van der Waals surface area contributed by atoms with Gasteiger partial charge in [-0.15, -0.1) is 5.73 Å². The maximum absolute atomic E-state index is 14.1. The molecule has 0 fully saturated rings.